The summed E-state index contributed by atoms with van der Waals surface area (Å²) < 4.78 is 10.7. The van der Waals surface area contributed by atoms with Gasteiger partial charge in [0, 0.05) is 17.8 Å². The third-order valence-corrected chi connectivity index (χ3v) is 6.32. The maximum atomic E-state index is 13.6. The number of amides is 1. The molecule has 0 bridgehead atoms. The van der Waals surface area contributed by atoms with Crippen LogP contribution in [0.25, 0.3) is 0 Å². The summed E-state index contributed by atoms with van der Waals surface area (Å²) in [7, 11) is 1.30. The van der Waals surface area contributed by atoms with Crippen LogP contribution in [-0.4, -0.2) is 30.0 Å². The van der Waals surface area contributed by atoms with E-state index in [-0.39, 0.29) is 23.3 Å². The first-order valence-electron chi connectivity index (χ1n) is 11.3. The molecule has 1 unspecified atom stereocenters. The lowest BCUT2D eigenvalue weighted by molar-refractivity contribution is -0.384. The Bertz CT molecular complexity index is 1010. The number of rotatable bonds is 8. The fourth-order valence-electron chi connectivity index (χ4n) is 4.24. The van der Waals surface area contributed by atoms with Gasteiger partial charge in [-0.05, 0) is 49.9 Å². The number of nitrogens with zero attached hydrogens (tertiary/aromatic N) is 1. The van der Waals surface area contributed by atoms with E-state index in [2.05, 4.69) is 5.32 Å². The standard InChI is InChI=1S/C25H30N2O6/c1-4-17(2)33-22-13-10-19(16-21(22)23(28)32-3)26-24(29)25(14-6-5-7-15-25)18-8-11-20(12-9-18)27(30)31/h8-13,16-17H,4-7,14-15H2,1-3H3,(H,26,29). The molecular weight excluding hydrogens is 424 g/mol. The minimum Gasteiger partial charge on any atom is -0.490 e. The van der Waals surface area contributed by atoms with Crippen molar-refractivity contribution in [3.8, 4) is 5.75 Å². The van der Waals surface area contributed by atoms with Gasteiger partial charge in [0.1, 0.15) is 11.3 Å². The van der Waals surface area contributed by atoms with E-state index in [1.165, 1.54) is 19.2 Å². The van der Waals surface area contributed by atoms with Gasteiger partial charge >= 0.3 is 5.97 Å². The largest absolute Gasteiger partial charge is 0.490 e. The third kappa shape index (κ3) is 5.32. The summed E-state index contributed by atoms with van der Waals surface area (Å²) in [6.45, 7) is 3.90. The predicted octanol–water partition coefficient (Wildman–Crippen LogP) is 5.40. The molecule has 8 heteroatoms. The van der Waals surface area contributed by atoms with Crippen molar-refractivity contribution < 1.29 is 24.0 Å². The van der Waals surface area contributed by atoms with Gasteiger partial charge in [-0.25, -0.2) is 4.79 Å². The van der Waals surface area contributed by atoms with Gasteiger partial charge in [0.2, 0.25) is 5.91 Å². The highest BCUT2D eigenvalue weighted by atomic mass is 16.6. The van der Waals surface area contributed by atoms with Crippen molar-refractivity contribution in [3.63, 3.8) is 0 Å². The lowest BCUT2D eigenvalue weighted by Crippen LogP contribution is -2.42. The van der Waals surface area contributed by atoms with Gasteiger partial charge in [-0.2, -0.15) is 0 Å². The predicted molar refractivity (Wildman–Crippen MR) is 125 cm³/mol. The molecule has 0 aromatic heterocycles. The van der Waals surface area contributed by atoms with Gasteiger partial charge in [-0.1, -0.05) is 38.3 Å². The summed E-state index contributed by atoms with van der Waals surface area (Å²) >= 11 is 0. The number of esters is 1. The molecule has 0 aliphatic heterocycles. The van der Waals surface area contributed by atoms with E-state index in [1.54, 1.807) is 30.3 Å². The van der Waals surface area contributed by atoms with Crippen LogP contribution in [0.2, 0.25) is 0 Å². The van der Waals surface area contributed by atoms with Crippen molar-refractivity contribution in [1.82, 2.24) is 0 Å². The summed E-state index contributed by atoms with van der Waals surface area (Å²) in [6, 6.07) is 11.2. The second kappa shape index (κ2) is 10.5. The molecule has 0 saturated heterocycles. The number of hydrogen-bond donors (Lipinski definition) is 1. The van der Waals surface area contributed by atoms with E-state index in [4.69, 9.17) is 9.47 Å². The highest BCUT2D eigenvalue weighted by Crippen LogP contribution is 2.41. The second-order valence-corrected chi connectivity index (χ2v) is 8.44. The lowest BCUT2D eigenvalue weighted by atomic mass is 9.68. The summed E-state index contributed by atoms with van der Waals surface area (Å²) in [5, 5.41) is 14.0. The van der Waals surface area contributed by atoms with Crippen LogP contribution in [0.15, 0.2) is 42.5 Å². The third-order valence-electron chi connectivity index (χ3n) is 6.32. The minimum absolute atomic E-state index is 0.00951. The molecule has 1 saturated carbocycles. The van der Waals surface area contributed by atoms with E-state index in [0.717, 1.165) is 31.2 Å². The molecule has 2 aromatic carbocycles. The van der Waals surface area contributed by atoms with Crippen LogP contribution in [0.1, 0.15) is 68.3 Å². The molecule has 1 fully saturated rings. The van der Waals surface area contributed by atoms with Crippen molar-refractivity contribution >= 4 is 23.3 Å². The van der Waals surface area contributed by atoms with Crippen molar-refractivity contribution in [2.24, 2.45) is 0 Å². The van der Waals surface area contributed by atoms with E-state index < -0.39 is 16.3 Å². The topological polar surface area (TPSA) is 108 Å². The Morgan fingerprint density at radius 1 is 1.12 bits per heavy atom. The van der Waals surface area contributed by atoms with Gasteiger partial charge in [0.25, 0.3) is 5.69 Å². The van der Waals surface area contributed by atoms with Crippen LogP contribution in [0.5, 0.6) is 5.75 Å². The Morgan fingerprint density at radius 2 is 1.79 bits per heavy atom. The summed E-state index contributed by atoms with van der Waals surface area (Å²) in [5.41, 5.74) is 0.664. The zero-order valence-corrected chi connectivity index (χ0v) is 19.3. The van der Waals surface area contributed by atoms with Gasteiger partial charge in [0.05, 0.1) is 23.6 Å². The number of hydrogen-bond acceptors (Lipinski definition) is 6. The fourth-order valence-corrected chi connectivity index (χ4v) is 4.24. The van der Waals surface area contributed by atoms with Crippen molar-refractivity contribution in [1.29, 1.82) is 0 Å². The minimum atomic E-state index is -0.787. The van der Waals surface area contributed by atoms with Gasteiger partial charge in [-0.3, -0.25) is 14.9 Å². The summed E-state index contributed by atoms with van der Waals surface area (Å²) in [5.74, 6) is -0.341. The van der Waals surface area contributed by atoms with Crippen LogP contribution in [0.4, 0.5) is 11.4 Å². The highest BCUT2D eigenvalue weighted by Gasteiger charge is 2.41. The number of nitro groups is 1. The van der Waals surface area contributed by atoms with Crippen molar-refractivity contribution in [2.45, 2.75) is 63.9 Å². The number of ether oxygens (including phenoxy) is 2. The first-order valence-corrected chi connectivity index (χ1v) is 11.3. The van der Waals surface area contributed by atoms with Gasteiger partial charge < -0.3 is 14.8 Å². The van der Waals surface area contributed by atoms with E-state index in [1.807, 2.05) is 13.8 Å². The molecule has 3 rings (SSSR count). The molecule has 1 atom stereocenters. The van der Waals surface area contributed by atoms with E-state index in [9.17, 15) is 19.7 Å². The molecule has 1 N–H and O–H groups in total. The number of methoxy groups -OCH3 is 1. The first kappa shape index (κ1) is 24.2. The van der Waals surface area contributed by atoms with E-state index in [0.29, 0.717) is 24.3 Å². The Kier molecular flexibility index (Phi) is 7.68. The Hall–Kier alpha value is -3.42. The zero-order chi connectivity index (χ0) is 24.0. The van der Waals surface area contributed by atoms with Crippen LogP contribution < -0.4 is 10.1 Å². The number of nitrogens with one attached hydrogen (secondary N) is 1. The number of carbonyl (C=O) groups excluding carboxylic acids is 2. The molecule has 0 heterocycles. The first-order chi connectivity index (χ1) is 15.8. The molecule has 0 radical (unpaired) electrons. The SMILES string of the molecule is CCC(C)Oc1ccc(NC(=O)C2(c3ccc([N+](=O)[O-])cc3)CCCCC2)cc1C(=O)OC. The highest BCUT2D eigenvalue weighted by molar-refractivity contribution is 6.01. The Labute approximate surface area is 193 Å². The molecule has 33 heavy (non-hydrogen) atoms. The molecule has 2 aromatic rings. The van der Waals surface area contributed by atoms with Crippen LogP contribution in [0.3, 0.4) is 0 Å². The number of non-ortho nitro benzene ring substituents is 1. The van der Waals surface area contributed by atoms with Gasteiger partial charge in [-0.15, -0.1) is 0 Å². The maximum absolute atomic E-state index is 13.6. The normalized spacial score (nSPS) is 15.8. The number of carbonyl (C=O) groups is 2. The van der Waals surface area contributed by atoms with Crippen LogP contribution in [-0.2, 0) is 14.9 Å². The Balaban J connectivity index is 1.92. The number of anilines is 1. The molecule has 1 aliphatic carbocycles. The van der Waals surface area contributed by atoms with Gasteiger partial charge in [0.15, 0.2) is 0 Å². The average molecular weight is 455 g/mol. The molecule has 1 aliphatic rings. The van der Waals surface area contributed by atoms with Crippen LogP contribution in [0, 0.1) is 10.1 Å². The zero-order valence-electron chi connectivity index (χ0n) is 19.3. The monoisotopic (exact) mass is 454 g/mol. The second-order valence-electron chi connectivity index (χ2n) is 8.44. The smallest absolute Gasteiger partial charge is 0.341 e. The van der Waals surface area contributed by atoms with Crippen molar-refractivity contribution in [2.75, 3.05) is 12.4 Å². The molecule has 176 valence electrons. The molecule has 8 nitrogen and oxygen atoms in total. The quantitative estimate of drug-likeness (QED) is 0.325. The molecule has 0 spiro atoms. The number of nitro benzene ring substituents is 1. The maximum Gasteiger partial charge on any atom is 0.341 e. The fraction of sp³-hybridized carbons (Fsp3) is 0.440. The molecule has 1 amide bonds. The van der Waals surface area contributed by atoms with Crippen LogP contribution >= 0.6 is 0 Å². The van der Waals surface area contributed by atoms with E-state index >= 15 is 0 Å². The lowest BCUT2D eigenvalue weighted by Gasteiger charge is -2.36. The van der Waals surface area contributed by atoms with Crippen molar-refractivity contribution in [3.05, 3.63) is 63.7 Å². The average Bonchev–Trinajstić information content (AvgIpc) is 2.84. The summed E-state index contributed by atoms with van der Waals surface area (Å²) in [4.78, 5) is 36.5. The Morgan fingerprint density at radius 3 is 2.36 bits per heavy atom. The number of benzene rings is 2. The summed E-state index contributed by atoms with van der Waals surface area (Å²) in [6.07, 6.45) is 4.80. The molecular formula is C25H30N2O6.